The van der Waals surface area contributed by atoms with Gasteiger partial charge in [0.1, 0.15) is 5.75 Å². The molecule has 0 atom stereocenters. The van der Waals surface area contributed by atoms with Gasteiger partial charge in [-0.05, 0) is 36.8 Å². The van der Waals surface area contributed by atoms with Crippen LogP contribution in [0.5, 0.6) is 5.75 Å². The summed E-state index contributed by atoms with van der Waals surface area (Å²) < 4.78 is 5.45. The molecular weight excluding hydrogens is 252 g/mol. The van der Waals surface area contributed by atoms with Gasteiger partial charge in [-0.2, -0.15) is 0 Å². The average Bonchev–Trinajstić information content (AvgIpc) is 2.46. The molecule has 0 fully saturated rings. The van der Waals surface area contributed by atoms with Gasteiger partial charge in [0.2, 0.25) is 0 Å². The van der Waals surface area contributed by atoms with Crippen LogP contribution in [0.3, 0.4) is 0 Å². The summed E-state index contributed by atoms with van der Waals surface area (Å²) >= 11 is 0. The summed E-state index contributed by atoms with van der Waals surface area (Å²) in [6, 6.07) is 14.6. The Bertz CT molecular complexity index is 597. The second kappa shape index (κ2) is 6.61. The number of nitrogens with one attached hydrogen (secondary N) is 1. The molecule has 0 aliphatic carbocycles. The molecular formula is C16H18N2O2. The standard InChI is InChI=1S/C16H18N2O2/c1-2-20-15-9-4-3-8-14(15)16(19)18-11-12-6-5-7-13(17)10-12/h3-10H,2,11,17H2,1H3,(H,18,19). The monoisotopic (exact) mass is 270 g/mol. The lowest BCUT2D eigenvalue weighted by molar-refractivity contribution is 0.0947. The van der Waals surface area contributed by atoms with E-state index in [-0.39, 0.29) is 5.91 Å². The Morgan fingerprint density at radius 2 is 2.00 bits per heavy atom. The number of carbonyl (C=O) groups is 1. The molecule has 0 aromatic heterocycles. The molecule has 104 valence electrons. The van der Waals surface area contributed by atoms with Gasteiger partial charge in [-0.25, -0.2) is 0 Å². The first-order valence-electron chi connectivity index (χ1n) is 6.55. The maximum Gasteiger partial charge on any atom is 0.255 e. The van der Waals surface area contributed by atoms with E-state index in [1.165, 1.54) is 0 Å². The predicted molar refractivity (Wildman–Crippen MR) is 79.6 cm³/mol. The predicted octanol–water partition coefficient (Wildman–Crippen LogP) is 2.60. The zero-order valence-corrected chi connectivity index (χ0v) is 11.4. The van der Waals surface area contributed by atoms with Crippen molar-refractivity contribution in [1.29, 1.82) is 0 Å². The van der Waals surface area contributed by atoms with Crippen molar-refractivity contribution in [3.05, 3.63) is 59.7 Å². The molecule has 2 rings (SSSR count). The van der Waals surface area contributed by atoms with Crippen molar-refractivity contribution in [2.45, 2.75) is 13.5 Å². The van der Waals surface area contributed by atoms with Crippen molar-refractivity contribution in [2.24, 2.45) is 0 Å². The second-order valence-electron chi connectivity index (χ2n) is 4.36. The minimum Gasteiger partial charge on any atom is -0.493 e. The van der Waals surface area contributed by atoms with E-state index in [0.29, 0.717) is 30.2 Å². The molecule has 0 aliphatic rings. The van der Waals surface area contributed by atoms with Gasteiger partial charge in [0.15, 0.2) is 0 Å². The number of para-hydroxylation sites is 1. The van der Waals surface area contributed by atoms with E-state index in [4.69, 9.17) is 10.5 Å². The molecule has 20 heavy (non-hydrogen) atoms. The zero-order chi connectivity index (χ0) is 14.4. The van der Waals surface area contributed by atoms with Crippen molar-refractivity contribution in [2.75, 3.05) is 12.3 Å². The van der Waals surface area contributed by atoms with E-state index >= 15 is 0 Å². The van der Waals surface area contributed by atoms with Gasteiger partial charge >= 0.3 is 0 Å². The van der Waals surface area contributed by atoms with Crippen LogP contribution in [-0.4, -0.2) is 12.5 Å². The first kappa shape index (κ1) is 13.9. The Balaban J connectivity index is 2.05. The van der Waals surface area contributed by atoms with Crippen LogP contribution in [0.2, 0.25) is 0 Å². The SMILES string of the molecule is CCOc1ccccc1C(=O)NCc1cccc(N)c1. The van der Waals surface area contributed by atoms with Crippen LogP contribution < -0.4 is 15.8 Å². The Morgan fingerprint density at radius 3 is 2.75 bits per heavy atom. The number of anilines is 1. The first-order valence-corrected chi connectivity index (χ1v) is 6.55. The highest BCUT2D eigenvalue weighted by Gasteiger charge is 2.11. The molecule has 0 heterocycles. The summed E-state index contributed by atoms with van der Waals surface area (Å²) in [6.45, 7) is 2.85. The summed E-state index contributed by atoms with van der Waals surface area (Å²) in [4.78, 5) is 12.2. The average molecular weight is 270 g/mol. The lowest BCUT2D eigenvalue weighted by atomic mass is 10.1. The fourth-order valence-corrected chi connectivity index (χ4v) is 1.92. The van der Waals surface area contributed by atoms with Gasteiger partial charge < -0.3 is 15.8 Å². The summed E-state index contributed by atoms with van der Waals surface area (Å²) in [5.74, 6) is 0.441. The molecule has 1 amide bonds. The van der Waals surface area contributed by atoms with E-state index in [9.17, 15) is 4.79 Å². The molecule has 3 N–H and O–H groups in total. The summed E-state index contributed by atoms with van der Waals surface area (Å²) in [5.41, 5.74) is 7.90. The Morgan fingerprint density at radius 1 is 1.20 bits per heavy atom. The van der Waals surface area contributed by atoms with Crippen molar-refractivity contribution >= 4 is 11.6 Å². The third kappa shape index (κ3) is 3.51. The van der Waals surface area contributed by atoms with E-state index in [2.05, 4.69) is 5.32 Å². The van der Waals surface area contributed by atoms with Crippen molar-refractivity contribution in [3.63, 3.8) is 0 Å². The number of hydrogen-bond donors (Lipinski definition) is 2. The number of amides is 1. The molecule has 4 heteroatoms. The number of rotatable bonds is 5. The van der Waals surface area contributed by atoms with Crippen molar-refractivity contribution < 1.29 is 9.53 Å². The number of ether oxygens (including phenoxy) is 1. The highest BCUT2D eigenvalue weighted by atomic mass is 16.5. The van der Waals surface area contributed by atoms with Crippen molar-refractivity contribution in [3.8, 4) is 5.75 Å². The first-order chi connectivity index (χ1) is 9.70. The maximum atomic E-state index is 12.2. The van der Waals surface area contributed by atoms with Gasteiger partial charge in [-0.1, -0.05) is 24.3 Å². The number of carbonyl (C=O) groups excluding carboxylic acids is 1. The van der Waals surface area contributed by atoms with E-state index in [1.807, 2.05) is 43.3 Å². The van der Waals surface area contributed by atoms with Crippen LogP contribution in [0.1, 0.15) is 22.8 Å². The smallest absolute Gasteiger partial charge is 0.255 e. The molecule has 0 saturated heterocycles. The molecule has 0 unspecified atom stereocenters. The normalized spacial score (nSPS) is 10.1. The van der Waals surface area contributed by atoms with Crippen LogP contribution in [0.4, 0.5) is 5.69 Å². The molecule has 0 aliphatic heterocycles. The fourth-order valence-electron chi connectivity index (χ4n) is 1.92. The Kier molecular flexibility index (Phi) is 4.60. The van der Waals surface area contributed by atoms with Crippen LogP contribution in [-0.2, 0) is 6.54 Å². The van der Waals surface area contributed by atoms with Gasteiger partial charge in [-0.15, -0.1) is 0 Å². The Hall–Kier alpha value is -2.49. The Labute approximate surface area is 118 Å². The maximum absolute atomic E-state index is 12.2. The van der Waals surface area contributed by atoms with E-state index in [0.717, 1.165) is 5.56 Å². The number of benzene rings is 2. The molecule has 0 spiro atoms. The highest BCUT2D eigenvalue weighted by Crippen LogP contribution is 2.18. The second-order valence-corrected chi connectivity index (χ2v) is 4.36. The molecule has 4 nitrogen and oxygen atoms in total. The van der Waals surface area contributed by atoms with Crippen LogP contribution in [0, 0.1) is 0 Å². The topological polar surface area (TPSA) is 64.3 Å². The third-order valence-corrected chi connectivity index (χ3v) is 2.84. The van der Waals surface area contributed by atoms with Crippen LogP contribution in [0.15, 0.2) is 48.5 Å². The highest BCUT2D eigenvalue weighted by molar-refractivity contribution is 5.96. The van der Waals surface area contributed by atoms with Gasteiger partial charge in [-0.3, -0.25) is 4.79 Å². The largest absolute Gasteiger partial charge is 0.493 e. The summed E-state index contributed by atoms with van der Waals surface area (Å²) in [6.07, 6.45) is 0. The molecule has 0 bridgehead atoms. The number of nitrogen functional groups attached to an aromatic ring is 1. The van der Waals surface area contributed by atoms with E-state index in [1.54, 1.807) is 12.1 Å². The van der Waals surface area contributed by atoms with Crippen LogP contribution in [0.25, 0.3) is 0 Å². The third-order valence-electron chi connectivity index (χ3n) is 2.84. The van der Waals surface area contributed by atoms with Gasteiger partial charge in [0.05, 0.1) is 12.2 Å². The number of nitrogens with two attached hydrogens (primary N) is 1. The zero-order valence-electron chi connectivity index (χ0n) is 11.4. The van der Waals surface area contributed by atoms with Crippen LogP contribution >= 0.6 is 0 Å². The lowest BCUT2D eigenvalue weighted by Gasteiger charge is -2.10. The lowest BCUT2D eigenvalue weighted by Crippen LogP contribution is -2.23. The molecule has 0 radical (unpaired) electrons. The molecule has 0 saturated carbocycles. The van der Waals surface area contributed by atoms with Gasteiger partial charge in [0.25, 0.3) is 5.91 Å². The minimum atomic E-state index is -0.156. The fraction of sp³-hybridized carbons (Fsp3) is 0.188. The van der Waals surface area contributed by atoms with E-state index < -0.39 is 0 Å². The summed E-state index contributed by atoms with van der Waals surface area (Å²) in [7, 11) is 0. The molecule has 2 aromatic rings. The summed E-state index contributed by atoms with van der Waals surface area (Å²) in [5, 5.41) is 2.87. The minimum absolute atomic E-state index is 0.156. The van der Waals surface area contributed by atoms with Gasteiger partial charge in [0, 0.05) is 12.2 Å². The van der Waals surface area contributed by atoms with Crippen molar-refractivity contribution in [1.82, 2.24) is 5.32 Å². The molecule has 2 aromatic carbocycles. The quantitative estimate of drug-likeness (QED) is 0.821. The number of hydrogen-bond acceptors (Lipinski definition) is 3.